The van der Waals surface area contributed by atoms with Gasteiger partial charge in [0.15, 0.2) is 0 Å². The highest BCUT2D eigenvalue weighted by Crippen LogP contribution is 2.29. The first kappa shape index (κ1) is 15.2. The molecule has 0 fully saturated rings. The van der Waals surface area contributed by atoms with Gasteiger partial charge in [-0.25, -0.2) is 4.68 Å². The first-order valence-corrected chi connectivity index (χ1v) is 6.10. The van der Waals surface area contributed by atoms with Gasteiger partial charge in [0.1, 0.15) is 11.4 Å². The molecule has 22 heavy (non-hydrogen) atoms. The number of ether oxygens (including phenoxy) is 1. The van der Waals surface area contributed by atoms with Gasteiger partial charge in [0.05, 0.1) is 17.7 Å². The van der Waals surface area contributed by atoms with Crippen molar-refractivity contribution >= 4 is 17.3 Å². The Kier molecular flexibility index (Phi) is 4.16. The van der Waals surface area contributed by atoms with E-state index in [1.165, 1.54) is 44.5 Å². The van der Waals surface area contributed by atoms with Gasteiger partial charge in [-0.05, 0) is 12.1 Å². The number of nitro groups is 1. The molecule has 0 bridgehead atoms. The second kappa shape index (κ2) is 6.04. The molecule has 0 spiro atoms. The molecule has 9 heteroatoms. The topological polar surface area (TPSA) is 116 Å². The van der Waals surface area contributed by atoms with Crippen LogP contribution in [-0.4, -0.2) is 27.7 Å². The third-order valence-electron chi connectivity index (χ3n) is 2.84. The van der Waals surface area contributed by atoms with Crippen LogP contribution in [0.25, 0.3) is 0 Å². The lowest BCUT2D eigenvalue weighted by atomic mass is 10.2. The van der Waals surface area contributed by atoms with Crippen LogP contribution in [0.5, 0.6) is 5.75 Å². The number of nitro benzene ring substituents is 1. The van der Waals surface area contributed by atoms with E-state index in [4.69, 9.17) is 4.74 Å². The van der Waals surface area contributed by atoms with E-state index in [9.17, 15) is 19.7 Å². The molecule has 0 radical (unpaired) electrons. The Bertz CT molecular complexity index is 799. The molecule has 0 unspecified atom stereocenters. The molecule has 0 saturated heterocycles. The zero-order valence-electron chi connectivity index (χ0n) is 11.8. The fourth-order valence-corrected chi connectivity index (χ4v) is 1.72. The Morgan fingerprint density at radius 2 is 2.09 bits per heavy atom. The van der Waals surface area contributed by atoms with E-state index in [2.05, 4.69) is 10.4 Å². The summed E-state index contributed by atoms with van der Waals surface area (Å²) in [6.45, 7) is 0. The highest BCUT2D eigenvalue weighted by atomic mass is 16.6. The van der Waals surface area contributed by atoms with Gasteiger partial charge >= 0.3 is 0 Å². The summed E-state index contributed by atoms with van der Waals surface area (Å²) in [5.41, 5.74) is -0.415. The number of carbonyl (C=O) groups excluding carboxylic acids is 1. The summed E-state index contributed by atoms with van der Waals surface area (Å²) in [7, 11) is 2.79. The van der Waals surface area contributed by atoms with Crippen molar-refractivity contribution in [1.82, 2.24) is 9.78 Å². The number of benzene rings is 1. The maximum Gasteiger partial charge on any atom is 0.276 e. The molecular weight excluding hydrogens is 292 g/mol. The van der Waals surface area contributed by atoms with E-state index in [-0.39, 0.29) is 28.4 Å². The molecule has 0 aliphatic carbocycles. The van der Waals surface area contributed by atoms with Crippen LogP contribution in [0.4, 0.5) is 11.4 Å². The lowest BCUT2D eigenvalue weighted by Crippen LogP contribution is -2.23. The Morgan fingerprint density at radius 1 is 1.36 bits per heavy atom. The molecule has 0 saturated carbocycles. The highest BCUT2D eigenvalue weighted by molar-refractivity contribution is 6.03. The molecule has 1 amide bonds. The lowest BCUT2D eigenvalue weighted by molar-refractivity contribution is -0.384. The minimum atomic E-state index is -0.616. The highest BCUT2D eigenvalue weighted by Gasteiger charge is 2.15. The molecule has 2 aromatic rings. The van der Waals surface area contributed by atoms with Crippen molar-refractivity contribution in [3.8, 4) is 5.75 Å². The molecule has 0 aliphatic rings. The summed E-state index contributed by atoms with van der Waals surface area (Å²) in [6, 6.07) is 6.29. The quantitative estimate of drug-likeness (QED) is 0.664. The van der Waals surface area contributed by atoms with Crippen LogP contribution in [0.15, 0.2) is 35.1 Å². The van der Waals surface area contributed by atoms with Gasteiger partial charge in [-0.15, -0.1) is 0 Å². The van der Waals surface area contributed by atoms with Gasteiger partial charge in [-0.1, -0.05) is 0 Å². The maximum absolute atomic E-state index is 12.1. The lowest BCUT2D eigenvalue weighted by Gasteiger charge is -2.09. The summed E-state index contributed by atoms with van der Waals surface area (Å²) < 4.78 is 6.06. The molecule has 0 atom stereocenters. The van der Waals surface area contributed by atoms with E-state index >= 15 is 0 Å². The summed E-state index contributed by atoms with van der Waals surface area (Å²) in [4.78, 5) is 33.6. The molecular formula is C13H12N4O5. The SMILES string of the molecule is COc1ccc([N+](=O)[O-])cc1NC(=O)c1ccc(=O)n(C)n1. The van der Waals surface area contributed by atoms with Crippen molar-refractivity contribution in [1.29, 1.82) is 0 Å². The van der Waals surface area contributed by atoms with Crippen LogP contribution < -0.4 is 15.6 Å². The van der Waals surface area contributed by atoms with Crippen molar-refractivity contribution in [2.45, 2.75) is 0 Å². The number of hydrogen-bond donors (Lipinski definition) is 1. The number of non-ortho nitro benzene ring substituents is 1. The number of nitrogens with zero attached hydrogens (tertiary/aromatic N) is 3. The molecule has 0 aliphatic heterocycles. The molecule has 2 rings (SSSR count). The Balaban J connectivity index is 2.34. The summed E-state index contributed by atoms with van der Waals surface area (Å²) >= 11 is 0. The zero-order valence-corrected chi connectivity index (χ0v) is 11.8. The van der Waals surface area contributed by atoms with Crippen molar-refractivity contribution in [3.63, 3.8) is 0 Å². The second-order valence-corrected chi connectivity index (χ2v) is 4.28. The third-order valence-corrected chi connectivity index (χ3v) is 2.84. The van der Waals surface area contributed by atoms with E-state index in [1.807, 2.05) is 0 Å². The largest absolute Gasteiger partial charge is 0.495 e. The van der Waals surface area contributed by atoms with Crippen molar-refractivity contribution in [2.24, 2.45) is 7.05 Å². The second-order valence-electron chi connectivity index (χ2n) is 4.28. The average Bonchev–Trinajstić information content (AvgIpc) is 2.49. The molecule has 1 heterocycles. The summed E-state index contributed by atoms with van der Waals surface area (Å²) in [5.74, 6) is -0.349. The van der Waals surface area contributed by atoms with Gasteiger partial charge in [0.25, 0.3) is 17.2 Å². The third kappa shape index (κ3) is 3.08. The fraction of sp³-hybridized carbons (Fsp3) is 0.154. The van der Waals surface area contributed by atoms with E-state index in [0.717, 1.165) is 4.68 Å². The number of carbonyl (C=O) groups is 1. The van der Waals surface area contributed by atoms with Crippen LogP contribution in [0, 0.1) is 10.1 Å². The molecule has 1 N–H and O–H groups in total. The molecule has 1 aromatic carbocycles. The number of anilines is 1. The average molecular weight is 304 g/mol. The number of methoxy groups -OCH3 is 1. The molecule has 114 valence electrons. The van der Waals surface area contributed by atoms with Gasteiger partial charge in [0, 0.05) is 25.2 Å². The Morgan fingerprint density at radius 3 is 2.68 bits per heavy atom. The Hall–Kier alpha value is -3.23. The first-order valence-electron chi connectivity index (χ1n) is 6.10. The Labute approximate surface area is 124 Å². The van der Waals surface area contributed by atoms with E-state index in [0.29, 0.717) is 0 Å². The van der Waals surface area contributed by atoms with Crippen LogP contribution in [-0.2, 0) is 7.05 Å². The van der Waals surface area contributed by atoms with Crippen molar-refractivity contribution < 1.29 is 14.5 Å². The van der Waals surface area contributed by atoms with Gasteiger partial charge < -0.3 is 10.1 Å². The van der Waals surface area contributed by atoms with Crippen LogP contribution >= 0.6 is 0 Å². The van der Waals surface area contributed by atoms with Gasteiger partial charge in [-0.2, -0.15) is 5.10 Å². The molecule has 9 nitrogen and oxygen atoms in total. The number of amides is 1. The molecule has 1 aromatic heterocycles. The smallest absolute Gasteiger partial charge is 0.276 e. The fourth-order valence-electron chi connectivity index (χ4n) is 1.72. The summed E-state index contributed by atoms with van der Waals surface area (Å²) in [6.07, 6.45) is 0. The normalized spacial score (nSPS) is 10.1. The monoisotopic (exact) mass is 304 g/mol. The minimum absolute atomic E-state index is 0.00402. The number of nitrogens with one attached hydrogen (secondary N) is 1. The number of aromatic nitrogens is 2. The first-order chi connectivity index (χ1) is 10.4. The van der Waals surface area contributed by atoms with Gasteiger partial charge in [-0.3, -0.25) is 19.7 Å². The van der Waals surface area contributed by atoms with E-state index in [1.54, 1.807) is 0 Å². The van der Waals surface area contributed by atoms with Crippen molar-refractivity contribution in [3.05, 3.63) is 56.5 Å². The zero-order chi connectivity index (χ0) is 16.3. The maximum atomic E-state index is 12.1. The van der Waals surface area contributed by atoms with Gasteiger partial charge in [0.2, 0.25) is 0 Å². The standard InChI is InChI=1S/C13H12N4O5/c1-16-12(18)6-4-9(15-16)13(19)14-10-7-8(17(20)21)3-5-11(10)22-2/h3-7H,1-2H3,(H,14,19). The summed E-state index contributed by atoms with van der Waals surface area (Å²) in [5, 5.41) is 17.1. The van der Waals surface area contributed by atoms with Crippen molar-refractivity contribution in [2.75, 3.05) is 12.4 Å². The van der Waals surface area contributed by atoms with E-state index < -0.39 is 10.8 Å². The predicted molar refractivity (Wildman–Crippen MR) is 77.1 cm³/mol. The van der Waals surface area contributed by atoms with Crippen LogP contribution in [0.1, 0.15) is 10.5 Å². The predicted octanol–water partition coefficient (Wildman–Crippen LogP) is 0.949. The number of hydrogen-bond acceptors (Lipinski definition) is 6. The minimum Gasteiger partial charge on any atom is -0.495 e. The number of aryl methyl sites for hydroxylation is 1. The van der Waals surface area contributed by atoms with Crippen LogP contribution in [0.2, 0.25) is 0 Å². The van der Waals surface area contributed by atoms with Crippen LogP contribution in [0.3, 0.4) is 0 Å². The number of rotatable bonds is 4.